The maximum atomic E-state index is 11.4. The van der Waals surface area contributed by atoms with Gasteiger partial charge in [0.25, 0.3) is 0 Å². The highest BCUT2D eigenvalue weighted by Gasteiger charge is 2.36. The highest BCUT2D eigenvalue weighted by Crippen LogP contribution is 2.22. The molecule has 0 aromatic heterocycles. The van der Waals surface area contributed by atoms with Crippen LogP contribution in [-0.4, -0.2) is 29.3 Å². The van der Waals surface area contributed by atoms with E-state index in [1.54, 1.807) is 5.01 Å². The summed E-state index contributed by atoms with van der Waals surface area (Å²) in [5, 5.41) is 1.55. The molecule has 0 saturated carbocycles. The lowest BCUT2D eigenvalue weighted by molar-refractivity contribution is -0.129. The summed E-state index contributed by atoms with van der Waals surface area (Å²) in [6.07, 6.45) is 2.67. The largest absolute Gasteiger partial charge is 0.303 e. The first-order valence-corrected chi connectivity index (χ1v) is 4.63. The molecule has 4 heteroatoms. The van der Waals surface area contributed by atoms with Gasteiger partial charge in [-0.25, -0.2) is 5.43 Å². The van der Waals surface area contributed by atoms with Crippen molar-refractivity contribution < 1.29 is 9.59 Å². The number of nitrogens with one attached hydrogen (secondary N) is 1. The average Bonchev–Trinajstić information content (AvgIpc) is 2.39. The number of rotatable bonds is 4. The molecular weight excluding hydrogens is 168 g/mol. The summed E-state index contributed by atoms with van der Waals surface area (Å²) in [4.78, 5) is 21.5. The molecule has 1 fully saturated rings. The Kier molecular flexibility index (Phi) is 3.03. The van der Waals surface area contributed by atoms with Crippen LogP contribution in [0.3, 0.4) is 0 Å². The highest BCUT2D eigenvalue weighted by atomic mass is 16.2. The molecule has 1 N–H and O–H groups in total. The quantitative estimate of drug-likeness (QED) is 0.646. The SMILES string of the molecule is CCC1(C)CC(=O)N(CCC=O)N1. The van der Waals surface area contributed by atoms with Gasteiger partial charge in [0.15, 0.2) is 0 Å². The lowest BCUT2D eigenvalue weighted by Crippen LogP contribution is -2.44. The summed E-state index contributed by atoms with van der Waals surface area (Å²) in [5.74, 6) is 0.0891. The van der Waals surface area contributed by atoms with Gasteiger partial charge in [0, 0.05) is 24.9 Å². The van der Waals surface area contributed by atoms with Crippen LogP contribution in [0.1, 0.15) is 33.1 Å². The van der Waals surface area contributed by atoms with Crippen LogP contribution in [0.5, 0.6) is 0 Å². The van der Waals surface area contributed by atoms with Crippen LogP contribution in [0.4, 0.5) is 0 Å². The fourth-order valence-corrected chi connectivity index (χ4v) is 1.42. The number of hydrazine groups is 1. The third-order valence-corrected chi connectivity index (χ3v) is 2.50. The molecule has 74 valence electrons. The van der Waals surface area contributed by atoms with Crippen LogP contribution in [0.2, 0.25) is 0 Å². The second-order valence-corrected chi connectivity index (χ2v) is 3.70. The van der Waals surface area contributed by atoms with Crippen LogP contribution in [-0.2, 0) is 9.59 Å². The van der Waals surface area contributed by atoms with E-state index in [-0.39, 0.29) is 11.4 Å². The van der Waals surface area contributed by atoms with Gasteiger partial charge < -0.3 is 4.79 Å². The topological polar surface area (TPSA) is 49.4 Å². The fourth-order valence-electron chi connectivity index (χ4n) is 1.42. The Balaban J connectivity index is 2.51. The normalized spacial score (nSPS) is 28.2. The molecule has 1 heterocycles. The van der Waals surface area contributed by atoms with E-state index in [1.807, 2.05) is 13.8 Å². The van der Waals surface area contributed by atoms with Crippen molar-refractivity contribution in [1.82, 2.24) is 10.4 Å². The zero-order valence-corrected chi connectivity index (χ0v) is 8.17. The van der Waals surface area contributed by atoms with Gasteiger partial charge in [0.05, 0.1) is 0 Å². The Morgan fingerprint density at radius 3 is 2.85 bits per heavy atom. The van der Waals surface area contributed by atoms with Crippen molar-refractivity contribution in [1.29, 1.82) is 0 Å². The number of amides is 1. The second-order valence-electron chi connectivity index (χ2n) is 3.70. The molecule has 1 unspecified atom stereocenters. The van der Waals surface area contributed by atoms with Crippen molar-refractivity contribution in [2.24, 2.45) is 0 Å². The molecular formula is C9H16N2O2. The van der Waals surface area contributed by atoms with Crippen molar-refractivity contribution in [3.05, 3.63) is 0 Å². The van der Waals surface area contributed by atoms with E-state index in [4.69, 9.17) is 0 Å². The minimum Gasteiger partial charge on any atom is -0.303 e. The monoisotopic (exact) mass is 184 g/mol. The summed E-state index contributed by atoms with van der Waals surface area (Å²) < 4.78 is 0. The van der Waals surface area contributed by atoms with Gasteiger partial charge in [-0.15, -0.1) is 0 Å². The highest BCUT2D eigenvalue weighted by molar-refractivity contribution is 5.79. The number of hydrogen-bond donors (Lipinski definition) is 1. The molecule has 1 rings (SSSR count). The van der Waals surface area contributed by atoms with Gasteiger partial charge in [0.1, 0.15) is 6.29 Å². The lowest BCUT2D eigenvalue weighted by atomic mass is 9.97. The van der Waals surface area contributed by atoms with Crippen LogP contribution >= 0.6 is 0 Å². The number of carbonyl (C=O) groups is 2. The van der Waals surface area contributed by atoms with Gasteiger partial charge in [-0.1, -0.05) is 6.92 Å². The van der Waals surface area contributed by atoms with E-state index < -0.39 is 0 Å². The Hall–Kier alpha value is -0.900. The number of carbonyl (C=O) groups excluding carboxylic acids is 2. The predicted molar refractivity (Wildman–Crippen MR) is 48.8 cm³/mol. The standard InChI is InChI=1S/C9H16N2O2/c1-3-9(2)7-8(13)11(10-9)5-4-6-12/h6,10H,3-5,7H2,1-2H3. The second kappa shape index (κ2) is 3.87. The molecule has 4 nitrogen and oxygen atoms in total. The van der Waals surface area contributed by atoms with Crippen molar-refractivity contribution >= 4 is 12.2 Å². The molecule has 0 bridgehead atoms. The minimum absolute atomic E-state index is 0.0891. The molecule has 0 aromatic rings. The molecule has 13 heavy (non-hydrogen) atoms. The fraction of sp³-hybridized carbons (Fsp3) is 0.778. The van der Waals surface area contributed by atoms with E-state index >= 15 is 0 Å². The predicted octanol–water partition coefficient (Wildman–Crippen LogP) is 0.481. The molecule has 0 aromatic carbocycles. The van der Waals surface area contributed by atoms with Crippen molar-refractivity contribution in [3.8, 4) is 0 Å². The first-order chi connectivity index (χ1) is 6.11. The van der Waals surface area contributed by atoms with Gasteiger partial charge in [-0.05, 0) is 13.3 Å². The number of aldehydes is 1. The third-order valence-electron chi connectivity index (χ3n) is 2.50. The molecule has 0 spiro atoms. The van der Waals surface area contributed by atoms with E-state index in [9.17, 15) is 9.59 Å². The Morgan fingerprint density at radius 1 is 1.69 bits per heavy atom. The van der Waals surface area contributed by atoms with Gasteiger partial charge in [-0.3, -0.25) is 9.80 Å². The summed E-state index contributed by atoms with van der Waals surface area (Å²) in [6, 6.07) is 0. The molecule has 0 radical (unpaired) electrons. The van der Waals surface area contributed by atoms with E-state index in [0.717, 1.165) is 12.7 Å². The maximum Gasteiger partial charge on any atom is 0.238 e. The van der Waals surface area contributed by atoms with Gasteiger partial charge in [0.2, 0.25) is 5.91 Å². The van der Waals surface area contributed by atoms with E-state index in [2.05, 4.69) is 5.43 Å². The van der Waals surface area contributed by atoms with E-state index in [1.165, 1.54) is 0 Å². The Morgan fingerprint density at radius 2 is 2.38 bits per heavy atom. The first-order valence-electron chi connectivity index (χ1n) is 4.63. The molecule has 1 aliphatic rings. The summed E-state index contributed by atoms with van der Waals surface area (Å²) in [7, 11) is 0. The van der Waals surface area contributed by atoms with Crippen molar-refractivity contribution in [3.63, 3.8) is 0 Å². The molecule has 1 amide bonds. The Bertz CT molecular complexity index is 218. The van der Waals surface area contributed by atoms with Crippen molar-refractivity contribution in [2.75, 3.05) is 6.54 Å². The van der Waals surface area contributed by atoms with Crippen LogP contribution in [0, 0.1) is 0 Å². The van der Waals surface area contributed by atoms with Crippen LogP contribution < -0.4 is 5.43 Å². The summed E-state index contributed by atoms with van der Waals surface area (Å²) in [5.41, 5.74) is 3.02. The van der Waals surface area contributed by atoms with Gasteiger partial charge >= 0.3 is 0 Å². The lowest BCUT2D eigenvalue weighted by Gasteiger charge is -2.23. The zero-order chi connectivity index (χ0) is 9.90. The number of hydrogen-bond acceptors (Lipinski definition) is 3. The smallest absolute Gasteiger partial charge is 0.238 e. The minimum atomic E-state index is -0.111. The Labute approximate surface area is 78.3 Å². The van der Waals surface area contributed by atoms with E-state index in [0.29, 0.717) is 19.4 Å². The summed E-state index contributed by atoms with van der Waals surface area (Å²) >= 11 is 0. The maximum absolute atomic E-state index is 11.4. The molecule has 1 atom stereocenters. The zero-order valence-electron chi connectivity index (χ0n) is 8.17. The average molecular weight is 184 g/mol. The van der Waals surface area contributed by atoms with Crippen LogP contribution in [0.25, 0.3) is 0 Å². The molecule has 1 saturated heterocycles. The van der Waals surface area contributed by atoms with Crippen molar-refractivity contribution in [2.45, 2.75) is 38.6 Å². The molecule has 1 aliphatic heterocycles. The van der Waals surface area contributed by atoms with Gasteiger partial charge in [-0.2, -0.15) is 0 Å². The first kappa shape index (κ1) is 10.2. The summed E-state index contributed by atoms with van der Waals surface area (Å²) in [6.45, 7) is 4.55. The van der Waals surface area contributed by atoms with Crippen LogP contribution in [0.15, 0.2) is 0 Å². The third kappa shape index (κ3) is 2.28. The number of nitrogens with zero attached hydrogens (tertiary/aromatic N) is 1. The molecule has 0 aliphatic carbocycles.